The van der Waals surface area contributed by atoms with Crippen LogP contribution in [-0.2, 0) is 4.79 Å². The highest BCUT2D eigenvalue weighted by molar-refractivity contribution is 5.97. The zero-order valence-electron chi connectivity index (χ0n) is 4.05. The van der Waals surface area contributed by atoms with Gasteiger partial charge in [0.2, 0.25) is 5.91 Å². The third-order valence-corrected chi connectivity index (χ3v) is 1.75. The Balaban J connectivity index is 2.19. The molecular weight excluding hydrogens is 90.1 g/mol. The van der Waals surface area contributed by atoms with Crippen LogP contribution in [0.3, 0.4) is 0 Å². The predicted molar refractivity (Wildman–Crippen MR) is 24.7 cm³/mol. The normalized spacial score (nSPS) is 36.3. The minimum Gasteiger partial charge on any atom is -0.329 e. The van der Waals surface area contributed by atoms with Crippen LogP contribution in [-0.4, -0.2) is 23.4 Å². The minimum absolute atomic E-state index is 0.375. The zero-order valence-corrected chi connectivity index (χ0v) is 4.05. The Morgan fingerprint density at radius 3 is 2.86 bits per heavy atom. The summed E-state index contributed by atoms with van der Waals surface area (Å²) in [5, 5.41) is 0. The zero-order chi connectivity index (χ0) is 4.85. The number of piperidine rings is 1. The maximum atomic E-state index is 10.4. The van der Waals surface area contributed by atoms with Crippen molar-refractivity contribution in [2.45, 2.75) is 18.9 Å². The molecule has 0 saturated carbocycles. The number of carbonyl (C=O) groups excluding carboxylic acids is 1. The van der Waals surface area contributed by atoms with E-state index in [1.165, 1.54) is 6.42 Å². The van der Waals surface area contributed by atoms with Gasteiger partial charge >= 0.3 is 0 Å². The van der Waals surface area contributed by atoms with E-state index in [4.69, 9.17) is 0 Å². The molecule has 0 aromatic heterocycles. The average molecular weight is 97.1 g/mol. The number of carbonyl (C=O) groups is 1. The van der Waals surface area contributed by atoms with E-state index in [9.17, 15) is 4.79 Å². The van der Waals surface area contributed by atoms with Crippen molar-refractivity contribution >= 4 is 5.91 Å². The summed E-state index contributed by atoms with van der Waals surface area (Å²) in [4.78, 5) is 12.4. The third-order valence-electron chi connectivity index (χ3n) is 1.75. The standard InChI is InChI=1S/C5H7NO/c7-5-4-2-1-3-6(4)5/h4H,1-3H2/t4-,6?/m0/s1. The third kappa shape index (κ3) is 0.275. The molecule has 2 fully saturated rings. The molecule has 2 heterocycles. The number of fused-ring (bicyclic) bond motifs is 1. The average Bonchev–Trinajstić information content (AvgIpc) is 2.26. The monoisotopic (exact) mass is 97.1 g/mol. The fourth-order valence-electron chi connectivity index (χ4n) is 1.26. The number of nitrogens with zero attached hydrogens (tertiary/aromatic N) is 1. The van der Waals surface area contributed by atoms with Gasteiger partial charge in [-0.25, -0.2) is 0 Å². The van der Waals surface area contributed by atoms with Crippen LogP contribution in [0, 0.1) is 0 Å². The van der Waals surface area contributed by atoms with Gasteiger partial charge in [-0.1, -0.05) is 0 Å². The van der Waals surface area contributed by atoms with Crippen LogP contribution >= 0.6 is 0 Å². The van der Waals surface area contributed by atoms with E-state index in [0.29, 0.717) is 11.9 Å². The van der Waals surface area contributed by atoms with Gasteiger partial charge in [0.1, 0.15) is 6.04 Å². The van der Waals surface area contributed by atoms with Crippen molar-refractivity contribution in [2.24, 2.45) is 0 Å². The molecule has 2 nitrogen and oxygen atoms in total. The molecule has 1 amide bonds. The molecule has 2 saturated heterocycles. The Kier molecular flexibility index (Phi) is 0.412. The molecule has 2 rings (SSSR count). The van der Waals surface area contributed by atoms with Gasteiger partial charge in [-0.05, 0) is 12.8 Å². The summed E-state index contributed by atoms with van der Waals surface area (Å²) < 4.78 is 0. The van der Waals surface area contributed by atoms with Crippen molar-refractivity contribution in [3.63, 3.8) is 0 Å². The van der Waals surface area contributed by atoms with Gasteiger partial charge in [-0.3, -0.25) is 4.79 Å². The van der Waals surface area contributed by atoms with Gasteiger partial charge in [0.05, 0.1) is 0 Å². The van der Waals surface area contributed by atoms with Gasteiger partial charge in [-0.2, -0.15) is 0 Å². The first-order valence-electron chi connectivity index (χ1n) is 2.70. The van der Waals surface area contributed by atoms with E-state index in [1.54, 1.807) is 0 Å². The first-order chi connectivity index (χ1) is 3.39. The van der Waals surface area contributed by atoms with E-state index in [0.717, 1.165) is 13.0 Å². The largest absolute Gasteiger partial charge is 0.329 e. The maximum absolute atomic E-state index is 10.4. The van der Waals surface area contributed by atoms with Crippen molar-refractivity contribution in [3.05, 3.63) is 0 Å². The highest BCUT2D eigenvalue weighted by Crippen LogP contribution is 2.30. The molecule has 1 atom stereocenters. The fourth-order valence-corrected chi connectivity index (χ4v) is 1.26. The van der Waals surface area contributed by atoms with Crippen molar-refractivity contribution in [3.8, 4) is 0 Å². The van der Waals surface area contributed by atoms with Crippen molar-refractivity contribution < 1.29 is 4.79 Å². The number of hydrogen-bond donors (Lipinski definition) is 0. The molecule has 2 aliphatic rings. The van der Waals surface area contributed by atoms with Crippen LogP contribution in [0.25, 0.3) is 0 Å². The van der Waals surface area contributed by atoms with Crippen LogP contribution in [0.1, 0.15) is 12.8 Å². The molecule has 0 radical (unpaired) electrons. The Morgan fingerprint density at radius 1 is 1.71 bits per heavy atom. The Bertz CT molecular complexity index is 109. The molecule has 2 heteroatoms. The van der Waals surface area contributed by atoms with E-state index in [2.05, 4.69) is 0 Å². The summed E-state index contributed by atoms with van der Waals surface area (Å²) in [6.45, 7) is 1.03. The van der Waals surface area contributed by atoms with Gasteiger partial charge in [0.15, 0.2) is 0 Å². The van der Waals surface area contributed by atoms with Crippen LogP contribution in [0.4, 0.5) is 0 Å². The highest BCUT2D eigenvalue weighted by atomic mass is 16.2. The maximum Gasteiger partial charge on any atom is 0.246 e. The Morgan fingerprint density at radius 2 is 2.57 bits per heavy atom. The smallest absolute Gasteiger partial charge is 0.246 e. The quantitative estimate of drug-likeness (QED) is 0.389. The van der Waals surface area contributed by atoms with Crippen molar-refractivity contribution in [1.82, 2.24) is 4.90 Å². The molecule has 0 aromatic rings. The highest BCUT2D eigenvalue weighted by Gasteiger charge is 2.48. The fraction of sp³-hybridized carbons (Fsp3) is 0.800. The molecule has 38 valence electrons. The number of amides is 1. The second kappa shape index (κ2) is 0.831. The number of hydrogen-bond acceptors (Lipinski definition) is 1. The lowest BCUT2D eigenvalue weighted by molar-refractivity contribution is -0.114. The first-order valence-corrected chi connectivity index (χ1v) is 2.70. The Labute approximate surface area is 42.1 Å². The topological polar surface area (TPSA) is 20.1 Å². The summed E-state index contributed by atoms with van der Waals surface area (Å²) in [5.41, 5.74) is 0. The van der Waals surface area contributed by atoms with E-state index >= 15 is 0 Å². The summed E-state index contributed by atoms with van der Waals surface area (Å²) in [6, 6.07) is 0.375. The van der Waals surface area contributed by atoms with Crippen LogP contribution in [0.15, 0.2) is 0 Å². The number of rotatable bonds is 0. The van der Waals surface area contributed by atoms with Crippen molar-refractivity contribution in [1.29, 1.82) is 0 Å². The molecule has 0 spiro atoms. The summed E-state index contributed by atoms with van der Waals surface area (Å²) >= 11 is 0. The van der Waals surface area contributed by atoms with Gasteiger partial charge in [0.25, 0.3) is 0 Å². The molecule has 0 unspecified atom stereocenters. The molecule has 7 heavy (non-hydrogen) atoms. The predicted octanol–water partition coefficient (Wildman–Crippen LogP) is -0.00900. The molecule has 0 aromatic carbocycles. The van der Waals surface area contributed by atoms with Crippen LogP contribution in [0.5, 0.6) is 0 Å². The second-order valence-corrected chi connectivity index (χ2v) is 2.19. The second-order valence-electron chi connectivity index (χ2n) is 2.19. The van der Waals surface area contributed by atoms with Gasteiger partial charge in [-0.15, -0.1) is 0 Å². The van der Waals surface area contributed by atoms with Gasteiger partial charge in [0, 0.05) is 6.54 Å². The summed E-state index contributed by atoms with van der Waals surface area (Å²) in [5.74, 6) is 0.381. The minimum atomic E-state index is 0.375. The van der Waals surface area contributed by atoms with Crippen molar-refractivity contribution in [2.75, 3.05) is 6.54 Å². The lowest BCUT2D eigenvalue weighted by atomic mass is 10.3. The summed E-state index contributed by atoms with van der Waals surface area (Å²) in [6.07, 6.45) is 2.36. The van der Waals surface area contributed by atoms with Gasteiger partial charge < -0.3 is 4.90 Å². The molecule has 2 aliphatic heterocycles. The Hall–Kier alpha value is -0.530. The molecular formula is C5H7NO. The lowest BCUT2D eigenvalue weighted by Crippen LogP contribution is -1.94. The van der Waals surface area contributed by atoms with Crippen LogP contribution in [0.2, 0.25) is 0 Å². The summed E-state index contributed by atoms with van der Waals surface area (Å²) in [7, 11) is 0. The first kappa shape index (κ1) is 3.47. The van der Waals surface area contributed by atoms with Crippen LogP contribution < -0.4 is 0 Å². The molecule has 0 aliphatic carbocycles. The lowest BCUT2D eigenvalue weighted by Gasteiger charge is -1.84. The van der Waals surface area contributed by atoms with E-state index < -0.39 is 0 Å². The molecule has 0 N–H and O–H groups in total. The SMILES string of the molecule is O=C1[C@@H]2CCCN12. The van der Waals surface area contributed by atoms with E-state index in [-0.39, 0.29) is 0 Å². The molecule has 0 bridgehead atoms. The van der Waals surface area contributed by atoms with E-state index in [1.807, 2.05) is 4.90 Å².